The standard InChI is InChI=1S/C15H21N3O/c1-11-9-12(2)18-15(14(11)10-16)17-7-6-13-5-3-4-8-19-13/h9,13H,3-8H2,1-2H3,(H,17,18). The van der Waals surface area contributed by atoms with E-state index in [-0.39, 0.29) is 0 Å². The highest BCUT2D eigenvalue weighted by atomic mass is 16.5. The van der Waals surface area contributed by atoms with Crippen LogP contribution in [-0.4, -0.2) is 24.2 Å². The molecule has 1 saturated heterocycles. The Morgan fingerprint density at radius 2 is 2.32 bits per heavy atom. The molecule has 0 spiro atoms. The normalized spacial score (nSPS) is 18.9. The summed E-state index contributed by atoms with van der Waals surface area (Å²) in [4.78, 5) is 4.41. The molecule has 0 aliphatic carbocycles. The summed E-state index contributed by atoms with van der Waals surface area (Å²) in [6.07, 6.45) is 4.92. The fourth-order valence-electron chi connectivity index (χ4n) is 2.49. The highest BCUT2D eigenvalue weighted by molar-refractivity contribution is 5.56. The van der Waals surface area contributed by atoms with Gasteiger partial charge in [-0.3, -0.25) is 0 Å². The van der Waals surface area contributed by atoms with Crippen LogP contribution in [0.4, 0.5) is 5.82 Å². The molecule has 1 aliphatic rings. The third kappa shape index (κ3) is 3.68. The van der Waals surface area contributed by atoms with Gasteiger partial charge in [-0.2, -0.15) is 5.26 Å². The van der Waals surface area contributed by atoms with Crippen LogP contribution in [0.2, 0.25) is 0 Å². The molecule has 1 aromatic heterocycles. The lowest BCUT2D eigenvalue weighted by molar-refractivity contribution is 0.0134. The summed E-state index contributed by atoms with van der Waals surface area (Å²) >= 11 is 0. The zero-order valence-electron chi connectivity index (χ0n) is 11.7. The Hall–Kier alpha value is -1.60. The number of hydrogen-bond acceptors (Lipinski definition) is 4. The number of nitrogens with one attached hydrogen (secondary N) is 1. The summed E-state index contributed by atoms with van der Waals surface area (Å²) in [7, 11) is 0. The molecular formula is C15H21N3O. The highest BCUT2D eigenvalue weighted by Gasteiger charge is 2.14. The second-order valence-corrected chi connectivity index (χ2v) is 5.12. The van der Waals surface area contributed by atoms with E-state index < -0.39 is 0 Å². The van der Waals surface area contributed by atoms with Gasteiger partial charge in [0.05, 0.1) is 11.7 Å². The molecule has 2 heterocycles. The van der Waals surface area contributed by atoms with Gasteiger partial charge in [0, 0.05) is 18.8 Å². The Morgan fingerprint density at radius 1 is 1.47 bits per heavy atom. The third-order valence-electron chi connectivity index (χ3n) is 3.49. The maximum Gasteiger partial charge on any atom is 0.144 e. The Balaban J connectivity index is 1.93. The summed E-state index contributed by atoms with van der Waals surface area (Å²) < 4.78 is 5.69. The second-order valence-electron chi connectivity index (χ2n) is 5.12. The lowest BCUT2D eigenvalue weighted by Gasteiger charge is -2.22. The van der Waals surface area contributed by atoms with Gasteiger partial charge in [-0.05, 0) is 51.2 Å². The van der Waals surface area contributed by atoms with E-state index in [1.807, 2.05) is 19.9 Å². The molecule has 0 amide bonds. The molecule has 1 fully saturated rings. The number of aryl methyl sites for hydroxylation is 2. The minimum absolute atomic E-state index is 0.359. The van der Waals surface area contributed by atoms with E-state index in [1.54, 1.807) is 0 Å². The number of rotatable bonds is 4. The van der Waals surface area contributed by atoms with Crippen molar-refractivity contribution in [3.8, 4) is 6.07 Å². The van der Waals surface area contributed by atoms with E-state index in [0.717, 1.165) is 37.3 Å². The molecule has 1 atom stereocenters. The average Bonchev–Trinajstić information content (AvgIpc) is 2.39. The number of pyridine rings is 1. The molecule has 0 aromatic carbocycles. The van der Waals surface area contributed by atoms with Crippen LogP contribution < -0.4 is 5.32 Å². The SMILES string of the molecule is Cc1cc(C)c(C#N)c(NCCC2CCCCO2)n1. The molecule has 19 heavy (non-hydrogen) atoms. The predicted molar refractivity (Wildman–Crippen MR) is 75.1 cm³/mol. The Kier molecular flexibility index (Phi) is 4.75. The Bertz CT molecular complexity index is 473. The zero-order chi connectivity index (χ0) is 13.7. The van der Waals surface area contributed by atoms with Crippen LogP contribution in [0, 0.1) is 25.2 Å². The monoisotopic (exact) mass is 259 g/mol. The first-order chi connectivity index (χ1) is 9.20. The maximum absolute atomic E-state index is 9.18. The number of aromatic nitrogens is 1. The van der Waals surface area contributed by atoms with Gasteiger partial charge in [0.1, 0.15) is 11.9 Å². The molecule has 0 saturated carbocycles. The number of ether oxygens (including phenoxy) is 1. The fraction of sp³-hybridized carbons (Fsp3) is 0.600. The van der Waals surface area contributed by atoms with Crippen LogP contribution in [0.3, 0.4) is 0 Å². The second kappa shape index (κ2) is 6.53. The van der Waals surface area contributed by atoms with Gasteiger partial charge in [-0.1, -0.05) is 0 Å². The summed E-state index contributed by atoms with van der Waals surface area (Å²) in [5.41, 5.74) is 2.56. The molecule has 1 aromatic rings. The van der Waals surface area contributed by atoms with Gasteiger partial charge < -0.3 is 10.1 Å². The summed E-state index contributed by atoms with van der Waals surface area (Å²) in [6, 6.07) is 4.16. The van der Waals surface area contributed by atoms with E-state index in [1.165, 1.54) is 12.8 Å². The van der Waals surface area contributed by atoms with Gasteiger partial charge in [0.25, 0.3) is 0 Å². The Morgan fingerprint density at radius 3 is 3.00 bits per heavy atom. The maximum atomic E-state index is 9.18. The first kappa shape index (κ1) is 13.8. The van der Waals surface area contributed by atoms with Crippen molar-refractivity contribution in [3.05, 3.63) is 22.9 Å². The van der Waals surface area contributed by atoms with Crippen LogP contribution in [0.5, 0.6) is 0 Å². The fourth-order valence-corrected chi connectivity index (χ4v) is 2.49. The van der Waals surface area contributed by atoms with Crippen molar-refractivity contribution in [1.29, 1.82) is 5.26 Å². The average molecular weight is 259 g/mol. The molecule has 1 unspecified atom stereocenters. The van der Waals surface area contributed by atoms with Crippen molar-refractivity contribution >= 4 is 5.82 Å². The molecule has 1 N–H and O–H groups in total. The van der Waals surface area contributed by atoms with E-state index in [0.29, 0.717) is 17.5 Å². The smallest absolute Gasteiger partial charge is 0.144 e. The number of hydrogen-bond donors (Lipinski definition) is 1. The van der Waals surface area contributed by atoms with Gasteiger partial charge in [0.15, 0.2) is 0 Å². The summed E-state index contributed by atoms with van der Waals surface area (Å²) in [6.45, 7) is 5.58. The van der Waals surface area contributed by atoms with Crippen molar-refractivity contribution in [1.82, 2.24) is 4.98 Å². The van der Waals surface area contributed by atoms with Crippen molar-refractivity contribution in [3.63, 3.8) is 0 Å². The van der Waals surface area contributed by atoms with Crippen LogP contribution in [0.15, 0.2) is 6.07 Å². The summed E-state index contributed by atoms with van der Waals surface area (Å²) in [5, 5.41) is 12.5. The third-order valence-corrected chi connectivity index (χ3v) is 3.49. The van der Waals surface area contributed by atoms with Crippen LogP contribution >= 0.6 is 0 Å². The molecule has 2 rings (SSSR count). The Labute approximate surface area is 114 Å². The molecule has 4 nitrogen and oxygen atoms in total. The van der Waals surface area contributed by atoms with Crippen LogP contribution in [0.25, 0.3) is 0 Å². The lowest BCUT2D eigenvalue weighted by atomic mass is 10.1. The van der Waals surface area contributed by atoms with Crippen molar-refractivity contribution in [2.45, 2.75) is 45.6 Å². The molecule has 4 heteroatoms. The van der Waals surface area contributed by atoms with Crippen LogP contribution in [-0.2, 0) is 4.74 Å². The highest BCUT2D eigenvalue weighted by Crippen LogP contribution is 2.19. The van der Waals surface area contributed by atoms with Crippen molar-refractivity contribution in [2.24, 2.45) is 0 Å². The quantitative estimate of drug-likeness (QED) is 0.903. The van der Waals surface area contributed by atoms with E-state index in [2.05, 4.69) is 16.4 Å². The number of nitriles is 1. The van der Waals surface area contributed by atoms with E-state index in [9.17, 15) is 5.26 Å². The van der Waals surface area contributed by atoms with Gasteiger partial charge in [-0.25, -0.2) is 4.98 Å². The molecular weight excluding hydrogens is 238 g/mol. The van der Waals surface area contributed by atoms with Crippen molar-refractivity contribution in [2.75, 3.05) is 18.5 Å². The lowest BCUT2D eigenvalue weighted by Crippen LogP contribution is -2.22. The zero-order valence-corrected chi connectivity index (χ0v) is 11.7. The first-order valence-corrected chi connectivity index (χ1v) is 6.94. The minimum Gasteiger partial charge on any atom is -0.378 e. The number of nitrogens with zero attached hydrogens (tertiary/aromatic N) is 2. The largest absolute Gasteiger partial charge is 0.378 e. The molecule has 1 aliphatic heterocycles. The minimum atomic E-state index is 0.359. The van der Waals surface area contributed by atoms with Crippen LogP contribution in [0.1, 0.15) is 42.5 Å². The first-order valence-electron chi connectivity index (χ1n) is 6.94. The topological polar surface area (TPSA) is 57.9 Å². The predicted octanol–water partition coefficient (Wildman–Crippen LogP) is 2.94. The molecule has 102 valence electrons. The van der Waals surface area contributed by atoms with Gasteiger partial charge in [0.2, 0.25) is 0 Å². The van der Waals surface area contributed by atoms with E-state index >= 15 is 0 Å². The molecule has 0 radical (unpaired) electrons. The summed E-state index contributed by atoms with van der Waals surface area (Å²) in [5.74, 6) is 0.704. The van der Waals surface area contributed by atoms with Gasteiger partial charge in [-0.15, -0.1) is 0 Å². The van der Waals surface area contributed by atoms with Crippen molar-refractivity contribution < 1.29 is 4.74 Å². The number of anilines is 1. The van der Waals surface area contributed by atoms with E-state index in [4.69, 9.17) is 4.74 Å². The molecule has 0 bridgehead atoms. The van der Waals surface area contributed by atoms with Gasteiger partial charge >= 0.3 is 0 Å².